The first-order valence-electron chi connectivity index (χ1n) is 3.37. The molecule has 0 unspecified atom stereocenters. The molecule has 2 nitrogen and oxygen atoms in total. The standard InChI is InChI=1S/C8H6BrF2NO/c1-13-12-8(9)6-4-5(10)2-3-7(6)11/h2-4H,1H3/b12-8-. The summed E-state index contributed by atoms with van der Waals surface area (Å²) in [7, 11) is 1.32. The van der Waals surface area contributed by atoms with Crippen LogP contribution in [0.1, 0.15) is 5.56 Å². The van der Waals surface area contributed by atoms with Crippen LogP contribution in [0.3, 0.4) is 0 Å². The number of halogens is 3. The normalized spacial score (nSPS) is 11.5. The molecule has 1 aromatic rings. The Balaban J connectivity index is 3.13. The number of nitrogens with zero attached hydrogens (tertiary/aromatic N) is 1. The summed E-state index contributed by atoms with van der Waals surface area (Å²) in [5.74, 6) is -1.09. The highest BCUT2D eigenvalue weighted by molar-refractivity contribution is 9.18. The first kappa shape index (κ1) is 10.1. The van der Waals surface area contributed by atoms with Crippen molar-refractivity contribution in [3.63, 3.8) is 0 Å². The SMILES string of the molecule is CO/N=C(\Br)c1cc(F)ccc1F. The molecular formula is C8H6BrF2NO. The lowest BCUT2D eigenvalue weighted by atomic mass is 10.2. The van der Waals surface area contributed by atoms with Crippen LogP contribution in [0.4, 0.5) is 8.78 Å². The maximum atomic E-state index is 13.0. The predicted octanol–water partition coefficient (Wildman–Crippen LogP) is 2.67. The second-order valence-corrected chi connectivity index (χ2v) is 2.94. The smallest absolute Gasteiger partial charge is 0.155 e. The molecule has 0 N–H and O–H groups in total. The summed E-state index contributed by atoms with van der Waals surface area (Å²) in [6, 6.07) is 3.09. The minimum Gasteiger partial charge on any atom is -0.398 e. The molecule has 0 bridgehead atoms. The van der Waals surface area contributed by atoms with Crippen molar-refractivity contribution in [2.24, 2.45) is 5.16 Å². The third-order valence-corrected chi connectivity index (χ3v) is 1.89. The molecule has 0 aromatic heterocycles. The zero-order chi connectivity index (χ0) is 9.84. The van der Waals surface area contributed by atoms with Gasteiger partial charge in [-0.2, -0.15) is 0 Å². The fourth-order valence-corrected chi connectivity index (χ4v) is 1.23. The van der Waals surface area contributed by atoms with Crippen LogP contribution in [0.2, 0.25) is 0 Å². The molecule has 0 aliphatic carbocycles. The number of benzene rings is 1. The zero-order valence-electron chi connectivity index (χ0n) is 6.72. The van der Waals surface area contributed by atoms with Gasteiger partial charge in [0.15, 0.2) is 4.62 Å². The second-order valence-electron chi connectivity index (χ2n) is 2.19. The Morgan fingerprint density at radius 3 is 2.77 bits per heavy atom. The van der Waals surface area contributed by atoms with Gasteiger partial charge < -0.3 is 4.84 Å². The van der Waals surface area contributed by atoms with E-state index in [1.54, 1.807) is 0 Å². The molecule has 0 atom stereocenters. The molecule has 0 aliphatic heterocycles. The van der Waals surface area contributed by atoms with E-state index >= 15 is 0 Å². The highest BCUT2D eigenvalue weighted by Crippen LogP contribution is 2.14. The molecule has 1 rings (SSSR count). The van der Waals surface area contributed by atoms with Gasteiger partial charge in [0.2, 0.25) is 0 Å². The molecular weight excluding hydrogens is 244 g/mol. The maximum Gasteiger partial charge on any atom is 0.155 e. The first-order chi connectivity index (χ1) is 6.15. The molecule has 0 radical (unpaired) electrons. The Hall–Kier alpha value is -0.970. The van der Waals surface area contributed by atoms with E-state index in [-0.39, 0.29) is 10.2 Å². The van der Waals surface area contributed by atoms with E-state index in [1.807, 2.05) is 0 Å². The van der Waals surface area contributed by atoms with Crippen LogP contribution in [-0.2, 0) is 4.84 Å². The van der Waals surface area contributed by atoms with Gasteiger partial charge in [-0.15, -0.1) is 0 Å². The Bertz CT molecular complexity index is 341. The van der Waals surface area contributed by atoms with Crippen molar-refractivity contribution in [1.29, 1.82) is 0 Å². The molecule has 0 aliphatic rings. The molecule has 13 heavy (non-hydrogen) atoms. The molecule has 0 fully saturated rings. The van der Waals surface area contributed by atoms with Crippen LogP contribution in [0, 0.1) is 11.6 Å². The van der Waals surface area contributed by atoms with Crippen LogP contribution in [0.5, 0.6) is 0 Å². The molecule has 5 heteroatoms. The minimum absolute atomic E-state index is 0.0295. The third kappa shape index (κ3) is 2.48. The van der Waals surface area contributed by atoms with E-state index in [0.717, 1.165) is 18.2 Å². The van der Waals surface area contributed by atoms with Gasteiger partial charge in [0, 0.05) is 5.56 Å². The minimum atomic E-state index is -0.561. The fourth-order valence-electron chi connectivity index (χ4n) is 0.785. The largest absolute Gasteiger partial charge is 0.398 e. The van der Waals surface area contributed by atoms with Crippen LogP contribution < -0.4 is 0 Å². The zero-order valence-corrected chi connectivity index (χ0v) is 8.31. The number of rotatable bonds is 2. The summed E-state index contributed by atoms with van der Waals surface area (Å²) >= 11 is 2.95. The fraction of sp³-hybridized carbons (Fsp3) is 0.125. The number of hydrogen-bond donors (Lipinski definition) is 0. The summed E-state index contributed by atoms with van der Waals surface area (Å²) in [4.78, 5) is 4.40. The van der Waals surface area contributed by atoms with Gasteiger partial charge >= 0.3 is 0 Å². The quantitative estimate of drug-likeness (QED) is 0.584. The summed E-state index contributed by atoms with van der Waals surface area (Å²) in [6.45, 7) is 0. The molecule has 0 saturated carbocycles. The second kappa shape index (κ2) is 4.32. The predicted molar refractivity (Wildman–Crippen MR) is 48.8 cm³/mol. The highest BCUT2D eigenvalue weighted by atomic mass is 79.9. The first-order valence-corrected chi connectivity index (χ1v) is 4.16. The summed E-state index contributed by atoms with van der Waals surface area (Å²) in [5, 5.41) is 3.42. The summed E-state index contributed by atoms with van der Waals surface area (Å²) in [5.41, 5.74) is 0.0295. The average Bonchev–Trinajstić information content (AvgIpc) is 2.09. The van der Waals surface area contributed by atoms with Gasteiger partial charge in [0.1, 0.15) is 18.7 Å². The van der Waals surface area contributed by atoms with Crippen molar-refractivity contribution in [1.82, 2.24) is 0 Å². The van der Waals surface area contributed by atoms with E-state index < -0.39 is 11.6 Å². The van der Waals surface area contributed by atoms with E-state index in [4.69, 9.17) is 0 Å². The molecule has 0 amide bonds. The number of hydrogen-bond acceptors (Lipinski definition) is 2. The molecule has 0 spiro atoms. The van der Waals surface area contributed by atoms with Crippen LogP contribution in [-0.4, -0.2) is 11.7 Å². The molecule has 0 saturated heterocycles. The summed E-state index contributed by atoms with van der Waals surface area (Å²) in [6.07, 6.45) is 0. The Morgan fingerprint density at radius 2 is 2.15 bits per heavy atom. The van der Waals surface area contributed by atoms with Crippen molar-refractivity contribution >= 4 is 20.6 Å². The van der Waals surface area contributed by atoms with Gasteiger partial charge in [0.25, 0.3) is 0 Å². The maximum absolute atomic E-state index is 13.0. The topological polar surface area (TPSA) is 21.6 Å². The van der Waals surface area contributed by atoms with Crippen molar-refractivity contribution < 1.29 is 13.6 Å². The van der Waals surface area contributed by atoms with Gasteiger partial charge in [-0.3, -0.25) is 0 Å². The lowest BCUT2D eigenvalue weighted by Gasteiger charge is -1.99. The lowest BCUT2D eigenvalue weighted by Crippen LogP contribution is -1.97. The van der Waals surface area contributed by atoms with Crippen molar-refractivity contribution in [2.75, 3.05) is 7.11 Å². The highest BCUT2D eigenvalue weighted by Gasteiger charge is 2.08. The number of oxime groups is 1. The average molecular weight is 250 g/mol. The van der Waals surface area contributed by atoms with E-state index in [2.05, 4.69) is 25.9 Å². The monoisotopic (exact) mass is 249 g/mol. The van der Waals surface area contributed by atoms with E-state index in [1.165, 1.54) is 7.11 Å². The van der Waals surface area contributed by atoms with Crippen LogP contribution >= 0.6 is 15.9 Å². The van der Waals surface area contributed by atoms with Gasteiger partial charge in [0.05, 0.1) is 0 Å². The van der Waals surface area contributed by atoms with Crippen molar-refractivity contribution in [3.05, 3.63) is 35.4 Å². The van der Waals surface area contributed by atoms with E-state index in [9.17, 15) is 8.78 Å². The molecule has 0 heterocycles. The van der Waals surface area contributed by atoms with Crippen LogP contribution in [0.15, 0.2) is 23.4 Å². The Labute approximate surface area is 82.3 Å². The van der Waals surface area contributed by atoms with Gasteiger partial charge in [-0.25, -0.2) is 8.78 Å². The molecule has 70 valence electrons. The lowest BCUT2D eigenvalue weighted by molar-refractivity contribution is 0.215. The van der Waals surface area contributed by atoms with Crippen molar-refractivity contribution in [3.8, 4) is 0 Å². The Morgan fingerprint density at radius 1 is 1.46 bits per heavy atom. The van der Waals surface area contributed by atoms with E-state index in [0.29, 0.717) is 0 Å². The molecule has 1 aromatic carbocycles. The van der Waals surface area contributed by atoms with Crippen LogP contribution in [0.25, 0.3) is 0 Å². The third-order valence-electron chi connectivity index (χ3n) is 1.32. The van der Waals surface area contributed by atoms with Gasteiger partial charge in [-0.05, 0) is 34.1 Å². The van der Waals surface area contributed by atoms with Gasteiger partial charge in [-0.1, -0.05) is 5.16 Å². The summed E-state index contributed by atoms with van der Waals surface area (Å²) < 4.78 is 25.8. The Kier molecular flexibility index (Phi) is 3.36. The van der Waals surface area contributed by atoms with Crippen molar-refractivity contribution in [2.45, 2.75) is 0 Å².